The Morgan fingerprint density at radius 3 is 2.24 bits per heavy atom. The third kappa shape index (κ3) is 1.83. The van der Waals surface area contributed by atoms with Crippen LogP contribution in [0.15, 0.2) is 0 Å². The molecule has 1 N–H and O–H groups in total. The summed E-state index contributed by atoms with van der Waals surface area (Å²) < 4.78 is 0. The summed E-state index contributed by atoms with van der Waals surface area (Å²) in [5, 5.41) is 3.00. The molecule has 0 aromatic rings. The highest BCUT2D eigenvalue weighted by Gasteiger charge is 2.53. The van der Waals surface area contributed by atoms with E-state index in [-0.39, 0.29) is 23.3 Å². The highest BCUT2D eigenvalue weighted by atomic mass is 16.2. The molecule has 2 amide bonds. The van der Waals surface area contributed by atoms with Gasteiger partial charge in [-0.2, -0.15) is 0 Å². The third-order valence-electron chi connectivity index (χ3n) is 4.01. The van der Waals surface area contributed by atoms with Crippen molar-refractivity contribution in [3.05, 3.63) is 0 Å². The van der Waals surface area contributed by atoms with Gasteiger partial charge in [-0.25, -0.2) is 0 Å². The molecule has 1 saturated heterocycles. The first-order valence-corrected chi connectivity index (χ1v) is 6.37. The SMILES string of the molecule is CN1C(=O)C2(CCCC2)NC(=O)C1C(C)(C)C. The van der Waals surface area contributed by atoms with Gasteiger partial charge in [-0.05, 0) is 18.3 Å². The fraction of sp³-hybridized carbons (Fsp3) is 0.846. The average Bonchev–Trinajstić information content (AvgIpc) is 2.62. The molecule has 0 aromatic carbocycles. The van der Waals surface area contributed by atoms with Crippen molar-refractivity contribution in [3.63, 3.8) is 0 Å². The number of carbonyl (C=O) groups is 2. The van der Waals surface area contributed by atoms with Crippen LogP contribution in [0.5, 0.6) is 0 Å². The summed E-state index contributed by atoms with van der Waals surface area (Å²) in [6.07, 6.45) is 3.64. The van der Waals surface area contributed by atoms with Gasteiger partial charge < -0.3 is 10.2 Å². The number of nitrogens with zero attached hydrogens (tertiary/aromatic N) is 1. The van der Waals surface area contributed by atoms with E-state index in [0.29, 0.717) is 0 Å². The Labute approximate surface area is 103 Å². The summed E-state index contributed by atoms with van der Waals surface area (Å²) in [5.74, 6) is 0.0935. The van der Waals surface area contributed by atoms with E-state index >= 15 is 0 Å². The molecule has 1 aliphatic heterocycles. The summed E-state index contributed by atoms with van der Waals surface area (Å²) in [4.78, 5) is 26.4. The standard InChI is InChI=1S/C13H22N2O2/c1-12(2,3)9-10(16)14-13(7-5-6-8-13)11(17)15(9)4/h9H,5-8H2,1-4H3,(H,14,16). The smallest absolute Gasteiger partial charge is 0.248 e. The number of amides is 2. The molecular weight excluding hydrogens is 216 g/mol. The normalized spacial score (nSPS) is 28.7. The zero-order chi connectivity index (χ0) is 12.8. The Kier molecular flexibility index (Phi) is 2.71. The van der Waals surface area contributed by atoms with Gasteiger partial charge in [0.1, 0.15) is 11.6 Å². The molecule has 2 fully saturated rings. The molecule has 1 unspecified atom stereocenters. The quantitative estimate of drug-likeness (QED) is 0.691. The van der Waals surface area contributed by atoms with Gasteiger partial charge in [-0.1, -0.05) is 33.6 Å². The molecule has 2 aliphatic rings. The second-order valence-electron chi connectivity index (χ2n) is 6.46. The molecule has 4 nitrogen and oxygen atoms in total. The summed E-state index contributed by atoms with van der Waals surface area (Å²) in [5.41, 5.74) is -0.817. The summed E-state index contributed by atoms with van der Waals surface area (Å²) >= 11 is 0. The lowest BCUT2D eigenvalue weighted by Crippen LogP contribution is -2.70. The topological polar surface area (TPSA) is 49.4 Å². The zero-order valence-corrected chi connectivity index (χ0v) is 11.2. The molecule has 1 saturated carbocycles. The summed E-state index contributed by atoms with van der Waals surface area (Å²) in [7, 11) is 1.76. The maximum atomic E-state index is 12.5. The van der Waals surface area contributed by atoms with Crippen molar-refractivity contribution in [1.29, 1.82) is 0 Å². The van der Waals surface area contributed by atoms with Crippen LogP contribution in [-0.2, 0) is 9.59 Å². The molecule has 1 heterocycles. The molecule has 0 aromatic heterocycles. The minimum atomic E-state index is -0.590. The highest BCUT2D eigenvalue weighted by Crippen LogP contribution is 2.37. The first-order chi connectivity index (χ1) is 7.78. The minimum absolute atomic E-state index is 0.00139. The van der Waals surface area contributed by atoms with Crippen molar-refractivity contribution in [3.8, 4) is 0 Å². The fourth-order valence-electron chi connectivity index (χ4n) is 3.28. The van der Waals surface area contributed by atoms with Crippen LogP contribution in [0.25, 0.3) is 0 Å². The minimum Gasteiger partial charge on any atom is -0.340 e. The predicted molar refractivity (Wildman–Crippen MR) is 65.4 cm³/mol. The molecule has 0 radical (unpaired) electrons. The number of hydrogen-bond acceptors (Lipinski definition) is 2. The van der Waals surface area contributed by atoms with E-state index < -0.39 is 5.54 Å². The van der Waals surface area contributed by atoms with E-state index in [1.165, 1.54) is 0 Å². The summed E-state index contributed by atoms with van der Waals surface area (Å²) in [6, 6.07) is -0.360. The number of likely N-dealkylation sites (N-methyl/N-ethyl adjacent to an activating group) is 1. The van der Waals surface area contributed by atoms with Crippen LogP contribution < -0.4 is 5.32 Å². The molecule has 1 spiro atoms. The van der Waals surface area contributed by atoms with Gasteiger partial charge in [0.25, 0.3) is 0 Å². The molecular formula is C13H22N2O2. The lowest BCUT2D eigenvalue weighted by atomic mass is 9.80. The van der Waals surface area contributed by atoms with Crippen LogP contribution in [0.4, 0.5) is 0 Å². The van der Waals surface area contributed by atoms with Crippen molar-refractivity contribution in [2.75, 3.05) is 7.05 Å². The molecule has 1 aliphatic carbocycles. The molecule has 1 atom stereocenters. The Bertz CT molecular complexity index is 351. The van der Waals surface area contributed by atoms with Crippen LogP contribution in [0, 0.1) is 5.41 Å². The van der Waals surface area contributed by atoms with Crippen LogP contribution in [0.2, 0.25) is 0 Å². The van der Waals surface area contributed by atoms with Gasteiger partial charge in [0, 0.05) is 7.05 Å². The Hall–Kier alpha value is -1.06. The second kappa shape index (κ2) is 3.72. The fourth-order valence-corrected chi connectivity index (χ4v) is 3.28. The first-order valence-electron chi connectivity index (χ1n) is 6.37. The zero-order valence-electron chi connectivity index (χ0n) is 11.2. The van der Waals surface area contributed by atoms with Crippen molar-refractivity contribution >= 4 is 11.8 Å². The third-order valence-corrected chi connectivity index (χ3v) is 4.01. The van der Waals surface area contributed by atoms with Gasteiger partial charge >= 0.3 is 0 Å². The van der Waals surface area contributed by atoms with E-state index in [1.807, 2.05) is 20.8 Å². The van der Waals surface area contributed by atoms with Crippen molar-refractivity contribution < 1.29 is 9.59 Å². The Morgan fingerprint density at radius 2 is 1.76 bits per heavy atom. The Morgan fingerprint density at radius 1 is 1.24 bits per heavy atom. The van der Waals surface area contributed by atoms with E-state index in [2.05, 4.69) is 5.32 Å². The maximum absolute atomic E-state index is 12.5. The van der Waals surface area contributed by atoms with E-state index in [1.54, 1.807) is 11.9 Å². The van der Waals surface area contributed by atoms with Gasteiger partial charge in [-0.15, -0.1) is 0 Å². The van der Waals surface area contributed by atoms with Crippen LogP contribution in [0.1, 0.15) is 46.5 Å². The molecule has 0 bridgehead atoms. The predicted octanol–water partition coefficient (Wildman–Crippen LogP) is 1.30. The van der Waals surface area contributed by atoms with E-state index in [9.17, 15) is 9.59 Å². The number of nitrogens with one attached hydrogen (secondary N) is 1. The lowest BCUT2D eigenvalue weighted by Gasteiger charge is -2.47. The van der Waals surface area contributed by atoms with Crippen molar-refractivity contribution in [2.45, 2.75) is 58.0 Å². The number of piperazine rings is 1. The maximum Gasteiger partial charge on any atom is 0.248 e. The first kappa shape index (κ1) is 12.4. The van der Waals surface area contributed by atoms with Crippen LogP contribution in [0.3, 0.4) is 0 Å². The van der Waals surface area contributed by atoms with Gasteiger partial charge in [-0.3, -0.25) is 9.59 Å². The number of carbonyl (C=O) groups excluding carboxylic acids is 2. The van der Waals surface area contributed by atoms with Gasteiger partial charge in [0.05, 0.1) is 0 Å². The number of hydrogen-bond donors (Lipinski definition) is 1. The molecule has 2 rings (SSSR count). The highest BCUT2D eigenvalue weighted by molar-refractivity contribution is 6.00. The van der Waals surface area contributed by atoms with E-state index in [4.69, 9.17) is 0 Å². The lowest BCUT2D eigenvalue weighted by molar-refractivity contribution is -0.157. The molecule has 4 heteroatoms. The average molecular weight is 238 g/mol. The monoisotopic (exact) mass is 238 g/mol. The Balaban J connectivity index is 2.30. The van der Waals surface area contributed by atoms with Gasteiger partial charge in [0.2, 0.25) is 11.8 Å². The van der Waals surface area contributed by atoms with E-state index in [0.717, 1.165) is 25.7 Å². The second-order valence-corrected chi connectivity index (χ2v) is 6.46. The molecule has 17 heavy (non-hydrogen) atoms. The van der Waals surface area contributed by atoms with Crippen molar-refractivity contribution in [2.24, 2.45) is 5.41 Å². The number of rotatable bonds is 0. The largest absolute Gasteiger partial charge is 0.340 e. The van der Waals surface area contributed by atoms with Crippen LogP contribution >= 0.6 is 0 Å². The van der Waals surface area contributed by atoms with Gasteiger partial charge in [0.15, 0.2) is 0 Å². The summed E-state index contributed by atoms with van der Waals surface area (Å²) in [6.45, 7) is 5.98. The van der Waals surface area contributed by atoms with Crippen LogP contribution in [-0.4, -0.2) is 35.3 Å². The van der Waals surface area contributed by atoms with Crippen molar-refractivity contribution in [1.82, 2.24) is 10.2 Å². The molecule has 96 valence electrons.